The highest BCUT2D eigenvalue weighted by atomic mass is 32.2. The molecule has 106 valence electrons. The molecule has 1 aromatic carbocycles. The SMILES string of the molecule is CNC(C)CNC(=O)c1cccc(CS(C)(=O)=O)c1. The number of benzene rings is 1. The summed E-state index contributed by atoms with van der Waals surface area (Å²) in [6.07, 6.45) is 1.17. The van der Waals surface area contributed by atoms with Gasteiger partial charge >= 0.3 is 0 Å². The molecule has 5 nitrogen and oxygen atoms in total. The number of hydrogen-bond acceptors (Lipinski definition) is 4. The zero-order chi connectivity index (χ0) is 14.5. The van der Waals surface area contributed by atoms with E-state index in [1.54, 1.807) is 24.3 Å². The van der Waals surface area contributed by atoms with E-state index in [1.165, 1.54) is 6.26 Å². The van der Waals surface area contributed by atoms with E-state index in [9.17, 15) is 13.2 Å². The molecule has 2 N–H and O–H groups in total. The molecule has 19 heavy (non-hydrogen) atoms. The lowest BCUT2D eigenvalue weighted by Crippen LogP contribution is -2.37. The van der Waals surface area contributed by atoms with Gasteiger partial charge < -0.3 is 10.6 Å². The Labute approximate surface area is 114 Å². The van der Waals surface area contributed by atoms with E-state index in [0.717, 1.165) is 0 Å². The molecule has 1 unspecified atom stereocenters. The average Bonchev–Trinajstić information content (AvgIpc) is 2.33. The van der Waals surface area contributed by atoms with Crippen LogP contribution in [0.2, 0.25) is 0 Å². The van der Waals surface area contributed by atoms with Gasteiger partial charge in [0.1, 0.15) is 0 Å². The van der Waals surface area contributed by atoms with Crippen molar-refractivity contribution in [2.24, 2.45) is 0 Å². The summed E-state index contributed by atoms with van der Waals surface area (Å²) in [5.41, 5.74) is 1.10. The normalized spacial score (nSPS) is 13.0. The number of hydrogen-bond donors (Lipinski definition) is 2. The molecule has 0 saturated heterocycles. The molecule has 1 amide bonds. The third-order valence-electron chi connectivity index (χ3n) is 2.68. The lowest BCUT2D eigenvalue weighted by molar-refractivity contribution is 0.0950. The minimum absolute atomic E-state index is 0.0545. The lowest BCUT2D eigenvalue weighted by atomic mass is 10.1. The Bertz CT molecular complexity index is 541. The van der Waals surface area contributed by atoms with Crippen LogP contribution in [0.5, 0.6) is 0 Å². The third-order valence-corrected chi connectivity index (χ3v) is 3.54. The molecular formula is C13H20N2O3S. The first-order valence-corrected chi connectivity index (χ1v) is 8.10. The summed E-state index contributed by atoms with van der Waals surface area (Å²) in [5, 5.41) is 5.81. The van der Waals surface area contributed by atoms with Crippen molar-refractivity contribution in [1.29, 1.82) is 0 Å². The first-order chi connectivity index (χ1) is 8.81. The highest BCUT2D eigenvalue weighted by Gasteiger charge is 2.09. The van der Waals surface area contributed by atoms with Gasteiger partial charge in [-0.25, -0.2) is 8.42 Å². The van der Waals surface area contributed by atoms with Crippen LogP contribution < -0.4 is 10.6 Å². The molecule has 0 fully saturated rings. The summed E-state index contributed by atoms with van der Waals surface area (Å²) in [4.78, 5) is 11.9. The van der Waals surface area contributed by atoms with Crippen LogP contribution in [-0.4, -0.2) is 40.2 Å². The van der Waals surface area contributed by atoms with Gasteiger partial charge in [-0.2, -0.15) is 0 Å². The van der Waals surface area contributed by atoms with E-state index in [1.807, 2.05) is 14.0 Å². The molecule has 0 aliphatic heterocycles. The van der Waals surface area contributed by atoms with Gasteiger partial charge in [0.05, 0.1) is 5.75 Å². The average molecular weight is 284 g/mol. The number of nitrogens with one attached hydrogen (secondary N) is 2. The number of rotatable bonds is 6. The van der Waals surface area contributed by atoms with Gasteiger partial charge in [-0.1, -0.05) is 12.1 Å². The molecule has 0 saturated carbocycles. The predicted octanol–water partition coefficient (Wildman–Crippen LogP) is 0.569. The van der Waals surface area contributed by atoms with E-state index in [0.29, 0.717) is 17.7 Å². The first-order valence-electron chi connectivity index (χ1n) is 6.04. The Morgan fingerprint density at radius 1 is 1.37 bits per heavy atom. The van der Waals surface area contributed by atoms with E-state index < -0.39 is 9.84 Å². The van der Waals surface area contributed by atoms with Crippen molar-refractivity contribution >= 4 is 15.7 Å². The van der Waals surface area contributed by atoms with E-state index >= 15 is 0 Å². The van der Waals surface area contributed by atoms with Crippen LogP contribution in [0.1, 0.15) is 22.8 Å². The Hall–Kier alpha value is -1.40. The molecule has 6 heteroatoms. The van der Waals surface area contributed by atoms with E-state index in [4.69, 9.17) is 0 Å². The summed E-state index contributed by atoms with van der Waals surface area (Å²) in [5.74, 6) is -0.251. The second kappa shape index (κ2) is 6.68. The predicted molar refractivity (Wildman–Crippen MR) is 75.8 cm³/mol. The van der Waals surface area contributed by atoms with Crippen molar-refractivity contribution in [3.63, 3.8) is 0 Å². The van der Waals surface area contributed by atoms with Crippen LogP contribution in [0.4, 0.5) is 0 Å². The molecule has 1 atom stereocenters. The van der Waals surface area contributed by atoms with Crippen molar-refractivity contribution in [3.05, 3.63) is 35.4 Å². The highest BCUT2D eigenvalue weighted by molar-refractivity contribution is 7.89. The third kappa shape index (κ3) is 5.85. The molecule has 1 aromatic rings. The fourth-order valence-electron chi connectivity index (χ4n) is 1.56. The van der Waals surface area contributed by atoms with E-state index in [-0.39, 0.29) is 17.7 Å². The molecule has 0 radical (unpaired) electrons. The molecule has 1 rings (SSSR count). The fraction of sp³-hybridized carbons (Fsp3) is 0.462. The zero-order valence-electron chi connectivity index (χ0n) is 11.4. The maximum absolute atomic E-state index is 11.9. The van der Waals surface area contributed by atoms with E-state index in [2.05, 4.69) is 10.6 Å². The number of carbonyl (C=O) groups excluding carboxylic acids is 1. The quantitative estimate of drug-likeness (QED) is 0.801. The van der Waals surface area contributed by atoms with Gasteiger partial charge in [0.25, 0.3) is 5.91 Å². The Kier molecular flexibility index (Phi) is 5.50. The smallest absolute Gasteiger partial charge is 0.251 e. The van der Waals surface area contributed by atoms with Crippen molar-refractivity contribution in [2.75, 3.05) is 19.8 Å². The summed E-state index contributed by atoms with van der Waals surface area (Å²) in [7, 11) is -1.27. The summed E-state index contributed by atoms with van der Waals surface area (Å²) >= 11 is 0. The van der Waals surface area contributed by atoms with Crippen molar-refractivity contribution in [1.82, 2.24) is 10.6 Å². The van der Waals surface area contributed by atoms with Crippen molar-refractivity contribution in [3.8, 4) is 0 Å². The van der Waals surface area contributed by atoms with Crippen LogP contribution in [0.3, 0.4) is 0 Å². The molecule has 0 aliphatic carbocycles. The molecule has 0 bridgehead atoms. The summed E-state index contributed by atoms with van der Waals surface area (Å²) in [6, 6.07) is 6.86. The van der Waals surface area contributed by atoms with Gasteiger partial charge in [-0.3, -0.25) is 4.79 Å². The van der Waals surface area contributed by atoms with Gasteiger partial charge in [0.2, 0.25) is 0 Å². The lowest BCUT2D eigenvalue weighted by Gasteiger charge is -2.11. The Balaban J connectivity index is 2.73. The largest absolute Gasteiger partial charge is 0.350 e. The fourth-order valence-corrected chi connectivity index (χ4v) is 2.34. The van der Waals surface area contributed by atoms with Gasteiger partial charge in [0.15, 0.2) is 9.84 Å². The van der Waals surface area contributed by atoms with Crippen LogP contribution in [-0.2, 0) is 15.6 Å². The molecule has 0 aromatic heterocycles. The Morgan fingerprint density at radius 2 is 2.05 bits per heavy atom. The van der Waals surface area contributed by atoms with Crippen LogP contribution in [0.25, 0.3) is 0 Å². The maximum Gasteiger partial charge on any atom is 0.251 e. The molecular weight excluding hydrogens is 264 g/mol. The molecule has 0 spiro atoms. The molecule has 0 aliphatic rings. The summed E-state index contributed by atoms with van der Waals surface area (Å²) in [6.45, 7) is 2.48. The van der Waals surface area contributed by atoms with Gasteiger partial charge in [0, 0.05) is 24.4 Å². The second-order valence-electron chi connectivity index (χ2n) is 4.67. The minimum atomic E-state index is -3.09. The maximum atomic E-state index is 11.9. The number of carbonyl (C=O) groups is 1. The monoisotopic (exact) mass is 284 g/mol. The van der Waals surface area contributed by atoms with Crippen molar-refractivity contribution < 1.29 is 13.2 Å². The minimum Gasteiger partial charge on any atom is -0.350 e. The number of amides is 1. The van der Waals surface area contributed by atoms with Gasteiger partial charge in [-0.05, 0) is 31.7 Å². The van der Waals surface area contributed by atoms with Crippen molar-refractivity contribution in [2.45, 2.75) is 18.7 Å². The standard InChI is InChI=1S/C13H20N2O3S/c1-10(14-2)8-15-13(16)12-6-4-5-11(7-12)9-19(3,17)18/h4-7,10,14H,8-9H2,1-3H3,(H,15,16). The first kappa shape index (κ1) is 15.7. The second-order valence-corrected chi connectivity index (χ2v) is 6.81. The van der Waals surface area contributed by atoms with Gasteiger partial charge in [-0.15, -0.1) is 0 Å². The van der Waals surface area contributed by atoms with Crippen LogP contribution >= 0.6 is 0 Å². The number of likely N-dealkylation sites (N-methyl/N-ethyl adjacent to an activating group) is 1. The van der Waals surface area contributed by atoms with Crippen LogP contribution in [0, 0.1) is 0 Å². The number of sulfone groups is 1. The Morgan fingerprint density at radius 3 is 2.63 bits per heavy atom. The summed E-state index contributed by atoms with van der Waals surface area (Å²) < 4.78 is 22.5. The van der Waals surface area contributed by atoms with Crippen LogP contribution in [0.15, 0.2) is 24.3 Å². The highest BCUT2D eigenvalue weighted by Crippen LogP contribution is 2.08. The molecule has 0 heterocycles. The topological polar surface area (TPSA) is 75.3 Å². The zero-order valence-corrected chi connectivity index (χ0v) is 12.3.